The Kier molecular flexibility index (Phi) is 5.98. The van der Waals surface area contributed by atoms with Crippen LogP contribution < -0.4 is 4.90 Å². The van der Waals surface area contributed by atoms with Gasteiger partial charge in [-0.15, -0.1) is 0 Å². The van der Waals surface area contributed by atoms with Crippen LogP contribution in [0.4, 0.5) is 5.69 Å². The van der Waals surface area contributed by atoms with Crippen LogP contribution in [0, 0.1) is 5.92 Å². The molecule has 31 heavy (non-hydrogen) atoms. The van der Waals surface area contributed by atoms with Crippen LogP contribution in [0.2, 0.25) is 0 Å². The summed E-state index contributed by atoms with van der Waals surface area (Å²) in [6, 6.07) is 22.0. The number of anilines is 1. The first-order chi connectivity index (χ1) is 15.0. The van der Waals surface area contributed by atoms with Gasteiger partial charge in [-0.2, -0.15) is 0 Å². The SMILES string of the molecule is CC(c1ccccc1)N1CC(C(=O)N(Cc2ccccn2)c2ccccc2O)CC1=O. The third kappa shape index (κ3) is 4.43. The molecule has 2 atom stereocenters. The van der Waals surface area contributed by atoms with E-state index in [2.05, 4.69) is 4.98 Å². The van der Waals surface area contributed by atoms with Crippen LogP contribution in [-0.4, -0.2) is 33.3 Å². The Balaban J connectivity index is 1.58. The first-order valence-corrected chi connectivity index (χ1v) is 10.4. The Morgan fingerprint density at radius 3 is 2.52 bits per heavy atom. The second-order valence-electron chi connectivity index (χ2n) is 7.77. The molecule has 1 saturated heterocycles. The maximum Gasteiger partial charge on any atom is 0.232 e. The summed E-state index contributed by atoms with van der Waals surface area (Å²) in [5.41, 5.74) is 2.16. The van der Waals surface area contributed by atoms with E-state index in [0.29, 0.717) is 17.9 Å². The molecule has 1 aliphatic rings. The Morgan fingerprint density at radius 1 is 1.10 bits per heavy atom. The van der Waals surface area contributed by atoms with E-state index in [1.807, 2.05) is 55.5 Å². The molecule has 4 rings (SSSR count). The lowest BCUT2D eigenvalue weighted by Crippen LogP contribution is -2.37. The van der Waals surface area contributed by atoms with Gasteiger partial charge in [-0.25, -0.2) is 0 Å². The van der Waals surface area contributed by atoms with E-state index in [1.54, 1.807) is 35.4 Å². The second-order valence-corrected chi connectivity index (χ2v) is 7.77. The summed E-state index contributed by atoms with van der Waals surface area (Å²) in [6.45, 7) is 2.55. The van der Waals surface area contributed by atoms with Gasteiger partial charge >= 0.3 is 0 Å². The fourth-order valence-corrected chi connectivity index (χ4v) is 4.03. The van der Waals surface area contributed by atoms with E-state index in [-0.39, 0.29) is 36.6 Å². The van der Waals surface area contributed by atoms with Gasteiger partial charge in [0.15, 0.2) is 0 Å². The molecule has 2 heterocycles. The number of amides is 2. The van der Waals surface area contributed by atoms with Crippen LogP contribution in [0.15, 0.2) is 79.0 Å². The van der Waals surface area contributed by atoms with Gasteiger partial charge in [-0.3, -0.25) is 14.6 Å². The number of phenols is 1. The van der Waals surface area contributed by atoms with Gasteiger partial charge in [0.25, 0.3) is 0 Å². The summed E-state index contributed by atoms with van der Waals surface area (Å²) in [5.74, 6) is -0.694. The van der Waals surface area contributed by atoms with Gasteiger partial charge in [0.2, 0.25) is 11.8 Å². The topological polar surface area (TPSA) is 73.7 Å². The number of aromatic nitrogens is 1. The number of nitrogens with zero attached hydrogens (tertiary/aromatic N) is 3. The van der Waals surface area contributed by atoms with Crippen LogP contribution >= 0.6 is 0 Å². The molecule has 0 saturated carbocycles. The number of carbonyl (C=O) groups is 2. The van der Waals surface area contributed by atoms with Crippen LogP contribution in [0.1, 0.15) is 30.6 Å². The average molecular weight is 415 g/mol. The summed E-state index contributed by atoms with van der Waals surface area (Å²) in [4.78, 5) is 34.0. The molecule has 1 N–H and O–H groups in total. The number of pyridine rings is 1. The molecule has 2 amide bonds. The lowest BCUT2D eigenvalue weighted by atomic mass is 10.1. The van der Waals surface area contributed by atoms with Crippen molar-refractivity contribution in [3.63, 3.8) is 0 Å². The van der Waals surface area contributed by atoms with E-state index < -0.39 is 5.92 Å². The highest BCUT2D eigenvalue weighted by molar-refractivity contribution is 6.00. The monoisotopic (exact) mass is 415 g/mol. The predicted molar refractivity (Wildman–Crippen MR) is 118 cm³/mol. The zero-order valence-corrected chi connectivity index (χ0v) is 17.4. The summed E-state index contributed by atoms with van der Waals surface area (Å²) in [6.07, 6.45) is 1.83. The van der Waals surface area contributed by atoms with Gasteiger partial charge in [0, 0.05) is 19.2 Å². The Morgan fingerprint density at radius 2 is 1.81 bits per heavy atom. The lowest BCUT2D eigenvalue weighted by molar-refractivity contribution is -0.130. The van der Waals surface area contributed by atoms with Crippen molar-refractivity contribution in [1.29, 1.82) is 0 Å². The number of rotatable bonds is 6. The summed E-state index contributed by atoms with van der Waals surface area (Å²) in [7, 11) is 0. The maximum atomic E-state index is 13.6. The standard InChI is InChI=1S/C25H25N3O3/c1-18(19-9-3-2-4-10-19)27-16-20(15-24(27)30)25(31)28(17-21-11-7-8-14-26-21)22-12-5-6-13-23(22)29/h2-14,18,20,29H,15-17H2,1H3. The van der Waals surface area contributed by atoms with Gasteiger partial charge in [0.05, 0.1) is 29.9 Å². The molecule has 6 nitrogen and oxygen atoms in total. The van der Waals surface area contributed by atoms with Crippen molar-refractivity contribution >= 4 is 17.5 Å². The molecule has 3 aromatic rings. The van der Waals surface area contributed by atoms with Crippen molar-refractivity contribution in [1.82, 2.24) is 9.88 Å². The Bertz CT molecular complexity index is 1060. The molecular weight excluding hydrogens is 390 g/mol. The van der Waals surface area contributed by atoms with E-state index >= 15 is 0 Å². The zero-order valence-electron chi connectivity index (χ0n) is 17.4. The van der Waals surface area contributed by atoms with Crippen LogP contribution in [0.3, 0.4) is 0 Å². The molecule has 0 bridgehead atoms. The van der Waals surface area contributed by atoms with Crippen molar-refractivity contribution in [3.05, 3.63) is 90.3 Å². The zero-order chi connectivity index (χ0) is 21.8. The van der Waals surface area contributed by atoms with E-state index in [0.717, 1.165) is 5.56 Å². The fraction of sp³-hybridized carbons (Fsp3) is 0.240. The molecule has 0 aliphatic carbocycles. The van der Waals surface area contributed by atoms with Crippen LogP contribution in [-0.2, 0) is 16.1 Å². The van der Waals surface area contributed by atoms with Gasteiger partial charge < -0.3 is 14.9 Å². The quantitative estimate of drug-likeness (QED) is 0.662. The molecule has 1 aromatic heterocycles. The van der Waals surface area contributed by atoms with E-state index in [9.17, 15) is 14.7 Å². The largest absolute Gasteiger partial charge is 0.506 e. The summed E-state index contributed by atoms with van der Waals surface area (Å²) >= 11 is 0. The molecular formula is C25H25N3O3. The van der Waals surface area contributed by atoms with Crippen molar-refractivity contribution in [2.45, 2.75) is 25.9 Å². The summed E-state index contributed by atoms with van der Waals surface area (Å²) < 4.78 is 0. The molecule has 158 valence electrons. The Labute approximate surface area is 181 Å². The lowest BCUT2D eigenvalue weighted by Gasteiger charge is -2.28. The Hall–Kier alpha value is -3.67. The fourth-order valence-electron chi connectivity index (χ4n) is 4.03. The van der Waals surface area contributed by atoms with Gasteiger partial charge in [-0.05, 0) is 36.8 Å². The normalized spacial score (nSPS) is 16.9. The highest BCUT2D eigenvalue weighted by Crippen LogP contribution is 2.33. The molecule has 0 radical (unpaired) electrons. The number of phenolic OH excluding ortho intramolecular Hbond substituents is 1. The number of likely N-dealkylation sites (tertiary alicyclic amines) is 1. The minimum absolute atomic E-state index is 0.0191. The van der Waals surface area contributed by atoms with Crippen molar-refractivity contribution in [2.75, 3.05) is 11.4 Å². The number of hydrogen-bond acceptors (Lipinski definition) is 4. The van der Waals surface area contributed by atoms with Gasteiger partial charge in [0.1, 0.15) is 5.75 Å². The van der Waals surface area contributed by atoms with E-state index in [4.69, 9.17) is 0 Å². The number of carbonyl (C=O) groups excluding carboxylic acids is 2. The molecule has 1 fully saturated rings. The first kappa shape index (κ1) is 20.6. The van der Waals surface area contributed by atoms with E-state index in [1.165, 1.54) is 4.90 Å². The highest BCUT2D eigenvalue weighted by Gasteiger charge is 2.39. The minimum atomic E-state index is -0.484. The number of hydrogen-bond donors (Lipinski definition) is 1. The number of para-hydroxylation sites is 2. The predicted octanol–water partition coefficient (Wildman–Crippen LogP) is 3.93. The maximum absolute atomic E-state index is 13.6. The van der Waals surface area contributed by atoms with Crippen molar-refractivity contribution in [3.8, 4) is 5.75 Å². The first-order valence-electron chi connectivity index (χ1n) is 10.4. The molecule has 0 spiro atoms. The van der Waals surface area contributed by atoms with Gasteiger partial charge in [-0.1, -0.05) is 48.5 Å². The summed E-state index contributed by atoms with van der Waals surface area (Å²) in [5, 5.41) is 10.4. The molecule has 1 aliphatic heterocycles. The smallest absolute Gasteiger partial charge is 0.232 e. The third-order valence-electron chi connectivity index (χ3n) is 5.74. The molecule has 2 unspecified atom stereocenters. The average Bonchev–Trinajstić information content (AvgIpc) is 3.20. The molecule has 2 aromatic carbocycles. The van der Waals surface area contributed by atoms with Crippen molar-refractivity contribution in [2.24, 2.45) is 5.92 Å². The second kappa shape index (κ2) is 9.00. The van der Waals surface area contributed by atoms with Crippen LogP contribution in [0.25, 0.3) is 0 Å². The molecule has 6 heteroatoms. The number of benzene rings is 2. The van der Waals surface area contributed by atoms with Crippen LogP contribution in [0.5, 0.6) is 5.75 Å². The minimum Gasteiger partial charge on any atom is -0.506 e. The van der Waals surface area contributed by atoms with Crippen molar-refractivity contribution < 1.29 is 14.7 Å². The third-order valence-corrected chi connectivity index (χ3v) is 5.74. The highest BCUT2D eigenvalue weighted by atomic mass is 16.3. The number of aromatic hydroxyl groups is 1.